The zero-order valence-corrected chi connectivity index (χ0v) is 25.4. The van der Waals surface area contributed by atoms with Gasteiger partial charge in [-0.1, -0.05) is 18.1 Å². The number of aryl methyl sites for hydroxylation is 2. The average Bonchev–Trinajstić information content (AvgIpc) is 3.68. The van der Waals surface area contributed by atoms with Crippen molar-refractivity contribution in [3.8, 4) is 23.1 Å². The third-order valence-corrected chi connectivity index (χ3v) is 8.61. The molecule has 0 unspecified atom stereocenters. The molecule has 0 radical (unpaired) electrons. The summed E-state index contributed by atoms with van der Waals surface area (Å²) in [5.41, 5.74) is 7.69. The molecule has 1 amide bonds. The molecular weight excluding hydrogens is 552 g/mol. The number of nitrogens with one attached hydrogen (secondary N) is 3. The van der Waals surface area contributed by atoms with Crippen LogP contribution in [-0.2, 0) is 23.1 Å². The Morgan fingerprint density at radius 2 is 1.82 bits per heavy atom. The van der Waals surface area contributed by atoms with Crippen molar-refractivity contribution in [2.75, 3.05) is 32.8 Å². The van der Waals surface area contributed by atoms with Crippen LogP contribution in [-0.4, -0.2) is 73.8 Å². The molecule has 0 bridgehead atoms. The van der Waals surface area contributed by atoms with Gasteiger partial charge >= 0.3 is 0 Å². The van der Waals surface area contributed by atoms with Gasteiger partial charge in [0.05, 0.1) is 48.1 Å². The second kappa shape index (κ2) is 11.5. The molecule has 10 nitrogen and oxygen atoms in total. The van der Waals surface area contributed by atoms with Crippen LogP contribution < -0.4 is 5.32 Å². The Kier molecular flexibility index (Phi) is 7.36. The Bertz CT molecular complexity index is 1920. The summed E-state index contributed by atoms with van der Waals surface area (Å²) in [5.74, 6) is 7.24. The first-order valence-corrected chi connectivity index (χ1v) is 15.3. The molecule has 0 spiro atoms. The van der Waals surface area contributed by atoms with E-state index in [1.54, 1.807) is 6.20 Å². The summed E-state index contributed by atoms with van der Waals surface area (Å²) >= 11 is 0. The number of morpholine rings is 1. The molecule has 0 saturated carbocycles. The highest BCUT2D eigenvalue weighted by Crippen LogP contribution is 2.38. The molecule has 2 aliphatic rings. The summed E-state index contributed by atoms with van der Waals surface area (Å²) in [6.45, 7) is 9.82. The van der Waals surface area contributed by atoms with E-state index >= 15 is 0 Å². The number of H-pyrrole nitrogens is 2. The monoisotopic (exact) mass is 588 g/mol. The van der Waals surface area contributed by atoms with Crippen molar-refractivity contribution in [2.45, 2.75) is 52.0 Å². The van der Waals surface area contributed by atoms with E-state index < -0.39 is 5.54 Å². The highest BCUT2D eigenvalue weighted by atomic mass is 16.5. The Morgan fingerprint density at radius 3 is 2.57 bits per heavy atom. The quantitative estimate of drug-likeness (QED) is 0.260. The molecule has 3 N–H and O–H groups in total. The fourth-order valence-electron chi connectivity index (χ4n) is 6.25. The zero-order chi connectivity index (χ0) is 30.3. The number of amides is 1. The summed E-state index contributed by atoms with van der Waals surface area (Å²) < 4.78 is 5.46. The predicted octanol–water partition coefficient (Wildman–Crippen LogP) is 4.43. The van der Waals surface area contributed by atoms with Gasteiger partial charge in [0.1, 0.15) is 11.5 Å². The molecule has 1 aliphatic heterocycles. The standard InChI is InChI=1S/C34H36N8O2/c1-21-19-36-33(37-21)34(2,3)39-32(43)23-12-10-22(11-13-23)30-25-8-5-4-7-24(25)28-27(38-30)20-35-31-29(28)26(40-41-31)9-6-14-42-15-17-44-18-16-42/h10-13,19-20H,4-5,7-8,14-18H2,1-3H3,(H,36,37)(H,39,43)(H,35,40,41). The molecule has 1 aliphatic carbocycles. The molecule has 4 aromatic heterocycles. The fourth-order valence-corrected chi connectivity index (χ4v) is 6.25. The van der Waals surface area contributed by atoms with Crippen molar-refractivity contribution in [2.24, 2.45) is 0 Å². The average molecular weight is 589 g/mol. The van der Waals surface area contributed by atoms with Crippen molar-refractivity contribution in [3.63, 3.8) is 0 Å². The number of benzene rings is 1. The molecule has 5 heterocycles. The maximum atomic E-state index is 13.2. The van der Waals surface area contributed by atoms with Gasteiger partial charge in [0.15, 0.2) is 5.65 Å². The van der Waals surface area contributed by atoms with Gasteiger partial charge in [-0.15, -0.1) is 0 Å². The lowest BCUT2D eigenvalue weighted by molar-refractivity contribution is 0.0443. The van der Waals surface area contributed by atoms with Crippen molar-refractivity contribution < 1.29 is 9.53 Å². The van der Waals surface area contributed by atoms with Gasteiger partial charge in [0.25, 0.3) is 5.91 Å². The molecule has 1 saturated heterocycles. The van der Waals surface area contributed by atoms with Crippen LogP contribution in [0.25, 0.3) is 33.2 Å². The predicted molar refractivity (Wildman–Crippen MR) is 169 cm³/mol. The van der Waals surface area contributed by atoms with Gasteiger partial charge in [-0.25, -0.2) is 15.0 Å². The number of hydrogen-bond acceptors (Lipinski definition) is 7. The number of ether oxygens (including phenoxy) is 1. The van der Waals surface area contributed by atoms with E-state index in [9.17, 15) is 4.79 Å². The third kappa shape index (κ3) is 5.34. The lowest BCUT2D eigenvalue weighted by atomic mass is 9.85. The van der Waals surface area contributed by atoms with E-state index in [-0.39, 0.29) is 5.91 Å². The van der Waals surface area contributed by atoms with Crippen LogP contribution in [0, 0.1) is 18.8 Å². The lowest BCUT2D eigenvalue weighted by Gasteiger charge is -2.24. The summed E-state index contributed by atoms with van der Waals surface area (Å²) in [4.78, 5) is 32.9. The van der Waals surface area contributed by atoms with Crippen molar-refractivity contribution >= 4 is 27.8 Å². The largest absolute Gasteiger partial charge is 0.379 e. The summed E-state index contributed by atoms with van der Waals surface area (Å²) in [6.07, 6.45) is 7.74. The second-order valence-corrected chi connectivity index (χ2v) is 12.2. The van der Waals surface area contributed by atoms with Crippen molar-refractivity contribution in [3.05, 3.63) is 70.6 Å². The van der Waals surface area contributed by atoms with Crippen LogP contribution in [0.4, 0.5) is 0 Å². The van der Waals surface area contributed by atoms with E-state index in [4.69, 9.17) is 9.72 Å². The van der Waals surface area contributed by atoms with Gasteiger partial charge in [-0.3, -0.25) is 14.8 Å². The maximum absolute atomic E-state index is 13.2. The number of nitrogens with zero attached hydrogens (tertiary/aromatic N) is 5. The van der Waals surface area contributed by atoms with Gasteiger partial charge in [0.2, 0.25) is 0 Å². The topological polar surface area (TPSA) is 125 Å². The normalized spacial score (nSPS) is 15.6. The molecule has 5 aromatic rings. The lowest BCUT2D eigenvalue weighted by Crippen LogP contribution is -2.41. The molecule has 7 rings (SSSR count). The van der Waals surface area contributed by atoms with Gasteiger partial charge in [0, 0.05) is 41.5 Å². The molecule has 1 fully saturated rings. The summed E-state index contributed by atoms with van der Waals surface area (Å²) in [5, 5.41) is 12.8. The highest BCUT2D eigenvalue weighted by Gasteiger charge is 2.27. The van der Waals surface area contributed by atoms with Crippen LogP contribution >= 0.6 is 0 Å². The minimum absolute atomic E-state index is 0.155. The number of pyridine rings is 2. The van der Waals surface area contributed by atoms with E-state index in [0.717, 1.165) is 96.7 Å². The van der Waals surface area contributed by atoms with Crippen LogP contribution in [0.2, 0.25) is 0 Å². The highest BCUT2D eigenvalue weighted by molar-refractivity contribution is 6.08. The number of rotatable bonds is 5. The molecule has 1 aromatic carbocycles. The number of fused-ring (bicyclic) bond motifs is 5. The Morgan fingerprint density at radius 1 is 1.05 bits per heavy atom. The van der Waals surface area contributed by atoms with Gasteiger partial charge in [-0.2, -0.15) is 5.10 Å². The Labute approximate surface area is 256 Å². The van der Waals surface area contributed by atoms with E-state index in [0.29, 0.717) is 17.8 Å². The minimum atomic E-state index is -0.639. The summed E-state index contributed by atoms with van der Waals surface area (Å²) in [6, 6.07) is 7.73. The van der Waals surface area contributed by atoms with Crippen LogP contribution in [0.3, 0.4) is 0 Å². The van der Waals surface area contributed by atoms with E-state index in [2.05, 4.69) is 47.2 Å². The smallest absolute Gasteiger partial charge is 0.252 e. The minimum Gasteiger partial charge on any atom is -0.379 e. The molecule has 44 heavy (non-hydrogen) atoms. The Hall–Kier alpha value is -4.59. The second-order valence-electron chi connectivity index (χ2n) is 12.2. The number of aromatic amines is 2. The van der Waals surface area contributed by atoms with E-state index in [1.165, 1.54) is 11.1 Å². The zero-order valence-electron chi connectivity index (χ0n) is 25.4. The number of aromatic nitrogens is 6. The first kappa shape index (κ1) is 28.2. The van der Waals surface area contributed by atoms with E-state index in [1.807, 2.05) is 51.2 Å². The van der Waals surface area contributed by atoms with Crippen LogP contribution in [0.5, 0.6) is 0 Å². The number of carbonyl (C=O) groups is 1. The summed E-state index contributed by atoms with van der Waals surface area (Å²) in [7, 11) is 0. The molecule has 10 heteroatoms. The van der Waals surface area contributed by atoms with Crippen molar-refractivity contribution in [1.82, 2.24) is 40.3 Å². The molecule has 224 valence electrons. The first-order valence-electron chi connectivity index (χ1n) is 15.3. The SMILES string of the molecule is Cc1cnc(C(C)(C)NC(=O)c2ccc(-c3nc4cnc5n[nH]c(C#CCN6CCOCC6)c5c4c4c3CCCC4)cc2)[nH]1. The number of imidazole rings is 1. The van der Waals surface area contributed by atoms with Gasteiger partial charge < -0.3 is 15.0 Å². The van der Waals surface area contributed by atoms with Crippen molar-refractivity contribution in [1.29, 1.82) is 0 Å². The molecular formula is C34H36N8O2. The maximum Gasteiger partial charge on any atom is 0.252 e. The number of carbonyl (C=O) groups excluding carboxylic acids is 1. The van der Waals surface area contributed by atoms with Crippen LogP contribution in [0.15, 0.2) is 36.7 Å². The third-order valence-electron chi connectivity index (χ3n) is 8.61. The Balaban J connectivity index is 1.22. The first-order chi connectivity index (χ1) is 21.4. The van der Waals surface area contributed by atoms with Crippen LogP contribution in [0.1, 0.15) is 65.4 Å². The van der Waals surface area contributed by atoms with Gasteiger partial charge in [-0.05, 0) is 75.6 Å². The fraction of sp³-hybridized carbons (Fsp3) is 0.382. The number of hydrogen-bond donors (Lipinski definition) is 3. The molecule has 0 atom stereocenters.